The minimum absolute atomic E-state index is 0.0335. The highest BCUT2D eigenvalue weighted by atomic mass is 32.2. The van der Waals surface area contributed by atoms with E-state index in [0.29, 0.717) is 24.3 Å². The first kappa shape index (κ1) is 20.0. The molecule has 26 heavy (non-hydrogen) atoms. The molecule has 1 fully saturated rings. The zero-order chi connectivity index (χ0) is 19.2. The molecule has 7 nitrogen and oxygen atoms in total. The minimum Gasteiger partial charge on any atom is -0.496 e. The second-order valence-electron chi connectivity index (χ2n) is 5.92. The molecular weight excluding hydrogens is 358 g/mol. The van der Waals surface area contributed by atoms with Crippen molar-refractivity contribution < 1.29 is 27.5 Å². The molecule has 1 aliphatic heterocycles. The Labute approximate surface area is 153 Å². The molecule has 1 aromatic rings. The number of benzene rings is 1. The lowest BCUT2D eigenvalue weighted by molar-refractivity contribution is -0.149. The number of likely N-dealkylation sites (N-methyl/N-ethyl adjacent to an activating group) is 1. The van der Waals surface area contributed by atoms with Gasteiger partial charge in [0.2, 0.25) is 0 Å². The highest BCUT2D eigenvalue weighted by Gasteiger charge is 2.34. The van der Waals surface area contributed by atoms with E-state index in [4.69, 9.17) is 9.47 Å². The Morgan fingerprint density at radius 1 is 1.31 bits per heavy atom. The molecule has 0 bridgehead atoms. The van der Waals surface area contributed by atoms with Gasteiger partial charge in [0.1, 0.15) is 5.75 Å². The number of nitrogens with zero attached hydrogens (tertiary/aromatic N) is 1. The molecule has 0 spiro atoms. The van der Waals surface area contributed by atoms with Gasteiger partial charge >= 0.3 is 5.97 Å². The number of rotatable bonds is 7. The van der Waals surface area contributed by atoms with Crippen molar-refractivity contribution in [2.75, 3.05) is 31.8 Å². The summed E-state index contributed by atoms with van der Waals surface area (Å²) >= 11 is 0. The van der Waals surface area contributed by atoms with Crippen LogP contribution in [-0.2, 0) is 24.2 Å². The fraction of sp³-hybridized carbons (Fsp3) is 0.444. The van der Waals surface area contributed by atoms with E-state index in [1.807, 2.05) is 12.1 Å². The molecule has 1 amide bonds. The van der Waals surface area contributed by atoms with Gasteiger partial charge in [0, 0.05) is 24.2 Å². The SMILES string of the molecule is CCN(C(=O)COC(=O)/C=C/c1ccccc1OC)[C@H]1CCS(=O)(=O)C1. The molecule has 142 valence electrons. The van der Waals surface area contributed by atoms with E-state index in [-0.39, 0.29) is 17.5 Å². The van der Waals surface area contributed by atoms with Crippen molar-refractivity contribution in [3.05, 3.63) is 35.9 Å². The van der Waals surface area contributed by atoms with E-state index in [1.165, 1.54) is 18.1 Å². The average Bonchev–Trinajstić information content (AvgIpc) is 2.98. The lowest BCUT2D eigenvalue weighted by atomic mass is 10.2. The Kier molecular flexibility index (Phi) is 6.79. The van der Waals surface area contributed by atoms with Crippen LogP contribution >= 0.6 is 0 Å². The highest BCUT2D eigenvalue weighted by molar-refractivity contribution is 7.91. The summed E-state index contributed by atoms with van der Waals surface area (Å²) in [5, 5.41) is 0. The van der Waals surface area contributed by atoms with E-state index in [2.05, 4.69) is 0 Å². The molecule has 0 N–H and O–H groups in total. The number of amides is 1. The van der Waals surface area contributed by atoms with Crippen molar-refractivity contribution >= 4 is 27.8 Å². The molecule has 1 heterocycles. The molecule has 1 aromatic carbocycles. The van der Waals surface area contributed by atoms with Crippen molar-refractivity contribution in [2.45, 2.75) is 19.4 Å². The predicted molar refractivity (Wildman–Crippen MR) is 97.4 cm³/mol. The van der Waals surface area contributed by atoms with Crippen LogP contribution in [0.5, 0.6) is 5.75 Å². The zero-order valence-corrected chi connectivity index (χ0v) is 15.7. The monoisotopic (exact) mass is 381 g/mol. The first-order chi connectivity index (χ1) is 12.4. The second-order valence-corrected chi connectivity index (χ2v) is 8.15. The number of esters is 1. The molecule has 0 aliphatic carbocycles. The number of hydrogen-bond donors (Lipinski definition) is 0. The number of para-hydroxylation sites is 1. The smallest absolute Gasteiger partial charge is 0.331 e. The fourth-order valence-corrected chi connectivity index (χ4v) is 4.62. The second kappa shape index (κ2) is 8.84. The standard InChI is InChI=1S/C18H23NO6S/c1-3-19(15-10-11-26(22,23)13-15)17(20)12-25-18(21)9-8-14-6-4-5-7-16(14)24-2/h4-9,15H,3,10-13H2,1-2H3/b9-8+/t15-/m0/s1. The number of hydrogen-bond acceptors (Lipinski definition) is 6. The summed E-state index contributed by atoms with van der Waals surface area (Å²) in [6.07, 6.45) is 3.19. The maximum atomic E-state index is 12.3. The van der Waals surface area contributed by atoms with Crippen LogP contribution in [0, 0.1) is 0 Å². The highest BCUT2D eigenvalue weighted by Crippen LogP contribution is 2.19. The Bertz CT molecular complexity index is 787. The molecule has 0 radical (unpaired) electrons. The lowest BCUT2D eigenvalue weighted by Crippen LogP contribution is -2.43. The van der Waals surface area contributed by atoms with Gasteiger partial charge in [0.05, 0.1) is 18.6 Å². The normalized spacial score (nSPS) is 18.6. The Morgan fingerprint density at radius 2 is 2.04 bits per heavy atom. The maximum Gasteiger partial charge on any atom is 0.331 e. The van der Waals surface area contributed by atoms with Gasteiger partial charge in [-0.05, 0) is 25.5 Å². The third-order valence-corrected chi connectivity index (χ3v) is 5.94. The van der Waals surface area contributed by atoms with Crippen LogP contribution in [0.25, 0.3) is 6.08 Å². The lowest BCUT2D eigenvalue weighted by Gasteiger charge is -2.26. The average molecular weight is 381 g/mol. The summed E-state index contributed by atoms with van der Waals surface area (Å²) < 4.78 is 33.3. The van der Waals surface area contributed by atoms with E-state index in [1.54, 1.807) is 25.1 Å². The molecule has 0 unspecified atom stereocenters. The number of carbonyl (C=O) groups excluding carboxylic acids is 2. The quantitative estimate of drug-likeness (QED) is 0.522. The number of methoxy groups -OCH3 is 1. The summed E-state index contributed by atoms with van der Waals surface area (Å²) in [5.74, 6) is -0.378. The van der Waals surface area contributed by atoms with Crippen molar-refractivity contribution in [2.24, 2.45) is 0 Å². The van der Waals surface area contributed by atoms with Crippen LogP contribution in [-0.4, -0.2) is 63.0 Å². The minimum atomic E-state index is -3.09. The summed E-state index contributed by atoms with van der Waals surface area (Å²) in [4.78, 5) is 25.6. The van der Waals surface area contributed by atoms with Crippen LogP contribution in [0.2, 0.25) is 0 Å². The van der Waals surface area contributed by atoms with Crippen molar-refractivity contribution in [3.63, 3.8) is 0 Å². The van der Waals surface area contributed by atoms with E-state index in [0.717, 1.165) is 0 Å². The Morgan fingerprint density at radius 3 is 2.65 bits per heavy atom. The first-order valence-corrected chi connectivity index (χ1v) is 10.2. The van der Waals surface area contributed by atoms with Crippen LogP contribution in [0.1, 0.15) is 18.9 Å². The van der Waals surface area contributed by atoms with Crippen molar-refractivity contribution in [1.82, 2.24) is 4.90 Å². The van der Waals surface area contributed by atoms with Crippen LogP contribution in [0.15, 0.2) is 30.3 Å². The zero-order valence-electron chi connectivity index (χ0n) is 14.9. The molecule has 1 aliphatic rings. The van der Waals surface area contributed by atoms with Crippen molar-refractivity contribution in [1.29, 1.82) is 0 Å². The van der Waals surface area contributed by atoms with Gasteiger partial charge in [-0.2, -0.15) is 0 Å². The fourth-order valence-electron chi connectivity index (χ4n) is 2.89. The van der Waals surface area contributed by atoms with Gasteiger partial charge in [0.15, 0.2) is 16.4 Å². The number of sulfone groups is 1. The Hall–Kier alpha value is -2.35. The molecule has 0 saturated carbocycles. The molecule has 1 saturated heterocycles. The van der Waals surface area contributed by atoms with E-state index < -0.39 is 28.3 Å². The van der Waals surface area contributed by atoms with Gasteiger partial charge in [-0.1, -0.05) is 18.2 Å². The van der Waals surface area contributed by atoms with Crippen LogP contribution < -0.4 is 4.74 Å². The van der Waals surface area contributed by atoms with E-state index in [9.17, 15) is 18.0 Å². The van der Waals surface area contributed by atoms with Gasteiger partial charge in [-0.3, -0.25) is 4.79 Å². The number of carbonyl (C=O) groups is 2. The van der Waals surface area contributed by atoms with Gasteiger partial charge in [0.25, 0.3) is 5.91 Å². The Balaban J connectivity index is 1.89. The maximum absolute atomic E-state index is 12.3. The molecule has 2 rings (SSSR count). The molecular formula is C18H23NO6S. The van der Waals surface area contributed by atoms with Crippen LogP contribution in [0.3, 0.4) is 0 Å². The predicted octanol–water partition coefficient (Wildman–Crippen LogP) is 1.29. The van der Waals surface area contributed by atoms with Gasteiger partial charge in [-0.25, -0.2) is 13.2 Å². The summed E-state index contributed by atoms with van der Waals surface area (Å²) in [6.45, 7) is 1.72. The van der Waals surface area contributed by atoms with Gasteiger partial charge in [-0.15, -0.1) is 0 Å². The molecule has 1 atom stereocenters. The molecule has 8 heteroatoms. The topological polar surface area (TPSA) is 90.0 Å². The van der Waals surface area contributed by atoms with E-state index >= 15 is 0 Å². The summed E-state index contributed by atoms with van der Waals surface area (Å²) in [7, 11) is -1.55. The third kappa shape index (κ3) is 5.32. The first-order valence-electron chi connectivity index (χ1n) is 8.34. The number of ether oxygens (including phenoxy) is 2. The third-order valence-electron chi connectivity index (χ3n) is 4.19. The molecule has 0 aromatic heterocycles. The summed E-state index contributed by atoms with van der Waals surface area (Å²) in [5.41, 5.74) is 0.713. The van der Waals surface area contributed by atoms with Gasteiger partial charge < -0.3 is 14.4 Å². The largest absolute Gasteiger partial charge is 0.496 e. The van der Waals surface area contributed by atoms with Crippen molar-refractivity contribution in [3.8, 4) is 5.75 Å². The van der Waals surface area contributed by atoms with Crippen LogP contribution in [0.4, 0.5) is 0 Å². The summed E-state index contributed by atoms with van der Waals surface area (Å²) in [6, 6.07) is 6.83.